The highest BCUT2D eigenvalue weighted by atomic mass is 35.5. The van der Waals surface area contributed by atoms with Gasteiger partial charge in [-0.2, -0.15) is 0 Å². The van der Waals surface area contributed by atoms with E-state index in [9.17, 15) is 0 Å². The molecular formula is C15H19Cl2NO. The molecule has 1 saturated carbocycles. The number of ether oxygens (including phenoxy) is 1. The van der Waals surface area contributed by atoms with Crippen LogP contribution < -0.4 is 10.1 Å². The smallest absolute Gasteiger partial charge is 0.141 e. The van der Waals surface area contributed by atoms with Crippen LogP contribution in [0.5, 0.6) is 5.75 Å². The van der Waals surface area contributed by atoms with E-state index in [0.717, 1.165) is 24.4 Å². The van der Waals surface area contributed by atoms with Crippen LogP contribution in [-0.4, -0.2) is 19.2 Å². The Hall–Kier alpha value is -0.440. The summed E-state index contributed by atoms with van der Waals surface area (Å²) in [5, 5.41) is 4.72. The summed E-state index contributed by atoms with van der Waals surface area (Å²) in [6, 6.07) is 3.68. The van der Waals surface area contributed by atoms with Crippen molar-refractivity contribution < 1.29 is 4.74 Å². The lowest BCUT2D eigenvalue weighted by atomic mass is 9.97. The SMILES string of the molecule is Cc1cc(Cl)cc(Cl)c1O[C@@H](C1CC1)[C@H]1CCNC1. The summed E-state index contributed by atoms with van der Waals surface area (Å²) in [7, 11) is 0. The van der Waals surface area contributed by atoms with Crippen LogP contribution in [0.15, 0.2) is 12.1 Å². The minimum atomic E-state index is 0.298. The van der Waals surface area contributed by atoms with Gasteiger partial charge in [-0.3, -0.25) is 0 Å². The van der Waals surface area contributed by atoms with Crippen LogP contribution in [0.3, 0.4) is 0 Å². The van der Waals surface area contributed by atoms with Crippen molar-refractivity contribution in [1.82, 2.24) is 5.32 Å². The molecule has 2 atom stereocenters. The van der Waals surface area contributed by atoms with E-state index in [4.69, 9.17) is 27.9 Å². The maximum absolute atomic E-state index is 6.31. The second kappa shape index (κ2) is 5.51. The van der Waals surface area contributed by atoms with Crippen molar-refractivity contribution in [2.24, 2.45) is 11.8 Å². The van der Waals surface area contributed by atoms with E-state index in [0.29, 0.717) is 28.0 Å². The molecule has 1 heterocycles. The molecule has 104 valence electrons. The van der Waals surface area contributed by atoms with Crippen LogP contribution in [0.2, 0.25) is 10.0 Å². The van der Waals surface area contributed by atoms with Crippen LogP contribution in [0.1, 0.15) is 24.8 Å². The molecule has 2 fully saturated rings. The second-order valence-corrected chi connectivity index (χ2v) is 6.55. The molecule has 0 unspecified atom stereocenters. The number of halogens is 2. The molecular weight excluding hydrogens is 281 g/mol. The minimum absolute atomic E-state index is 0.298. The third kappa shape index (κ3) is 3.01. The molecule has 3 rings (SSSR count). The van der Waals surface area contributed by atoms with Gasteiger partial charge in [-0.1, -0.05) is 23.2 Å². The van der Waals surface area contributed by atoms with Gasteiger partial charge in [0.15, 0.2) is 0 Å². The molecule has 2 aliphatic rings. The first-order valence-electron chi connectivity index (χ1n) is 6.98. The summed E-state index contributed by atoms with van der Waals surface area (Å²) < 4.78 is 6.31. The molecule has 1 saturated heterocycles. The van der Waals surface area contributed by atoms with E-state index in [2.05, 4.69) is 5.32 Å². The normalized spacial score (nSPS) is 24.5. The Morgan fingerprint density at radius 2 is 2.00 bits per heavy atom. The quantitative estimate of drug-likeness (QED) is 0.905. The Labute approximate surface area is 124 Å². The van der Waals surface area contributed by atoms with Gasteiger partial charge in [0, 0.05) is 17.5 Å². The molecule has 1 aliphatic heterocycles. The lowest BCUT2D eigenvalue weighted by Crippen LogP contribution is -2.31. The standard InChI is InChI=1S/C15H19Cl2NO/c1-9-6-12(16)7-13(17)14(9)19-15(10-2-3-10)11-4-5-18-8-11/h6-7,10-11,15,18H,2-5,8H2,1H3/t11-,15-/m0/s1. The van der Waals surface area contributed by atoms with Gasteiger partial charge in [0.05, 0.1) is 5.02 Å². The fourth-order valence-corrected chi connectivity index (χ4v) is 3.57. The second-order valence-electron chi connectivity index (χ2n) is 5.71. The summed E-state index contributed by atoms with van der Waals surface area (Å²) in [6.07, 6.45) is 4.06. The molecule has 0 spiro atoms. The number of hydrogen-bond donors (Lipinski definition) is 1. The number of hydrogen-bond acceptors (Lipinski definition) is 2. The molecule has 1 aromatic rings. The topological polar surface area (TPSA) is 21.3 Å². The van der Waals surface area contributed by atoms with E-state index in [1.165, 1.54) is 19.3 Å². The van der Waals surface area contributed by atoms with Crippen molar-refractivity contribution in [2.45, 2.75) is 32.3 Å². The predicted octanol–water partition coefficient (Wildman–Crippen LogP) is 4.07. The molecule has 1 aliphatic carbocycles. The molecule has 0 radical (unpaired) electrons. The molecule has 1 aromatic carbocycles. The van der Waals surface area contributed by atoms with E-state index in [1.54, 1.807) is 6.07 Å². The summed E-state index contributed by atoms with van der Waals surface area (Å²) in [5.41, 5.74) is 1.02. The first-order chi connectivity index (χ1) is 9.15. The third-order valence-corrected chi connectivity index (χ3v) is 4.60. The van der Waals surface area contributed by atoms with Crippen LogP contribution in [0.25, 0.3) is 0 Å². The van der Waals surface area contributed by atoms with Crippen LogP contribution in [-0.2, 0) is 0 Å². The highest BCUT2D eigenvalue weighted by molar-refractivity contribution is 6.35. The monoisotopic (exact) mass is 299 g/mol. The molecule has 0 bridgehead atoms. The summed E-state index contributed by atoms with van der Waals surface area (Å²) in [4.78, 5) is 0. The Kier molecular flexibility index (Phi) is 3.93. The number of rotatable bonds is 4. The van der Waals surface area contributed by atoms with Gasteiger partial charge in [-0.25, -0.2) is 0 Å². The highest BCUT2D eigenvalue weighted by Crippen LogP contribution is 2.42. The molecule has 0 aromatic heterocycles. The largest absolute Gasteiger partial charge is 0.488 e. The highest BCUT2D eigenvalue weighted by Gasteiger charge is 2.39. The number of benzene rings is 1. The van der Waals surface area contributed by atoms with Crippen LogP contribution >= 0.6 is 23.2 Å². The molecule has 2 nitrogen and oxygen atoms in total. The average Bonchev–Trinajstić information content (AvgIpc) is 3.03. The third-order valence-electron chi connectivity index (χ3n) is 4.10. The van der Waals surface area contributed by atoms with Gasteiger partial charge in [-0.15, -0.1) is 0 Å². The van der Waals surface area contributed by atoms with Gasteiger partial charge in [-0.05, 0) is 56.3 Å². The van der Waals surface area contributed by atoms with E-state index in [-0.39, 0.29) is 0 Å². The van der Waals surface area contributed by atoms with Crippen LogP contribution in [0, 0.1) is 18.8 Å². The van der Waals surface area contributed by atoms with Crippen molar-refractivity contribution in [1.29, 1.82) is 0 Å². The molecule has 4 heteroatoms. The predicted molar refractivity (Wildman–Crippen MR) is 79.3 cm³/mol. The van der Waals surface area contributed by atoms with Gasteiger partial charge in [0.25, 0.3) is 0 Å². The Balaban J connectivity index is 1.81. The first kappa shape index (κ1) is 13.5. The van der Waals surface area contributed by atoms with Gasteiger partial charge in [0.2, 0.25) is 0 Å². The van der Waals surface area contributed by atoms with Gasteiger partial charge >= 0.3 is 0 Å². The maximum atomic E-state index is 6.31. The van der Waals surface area contributed by atoms with Crippen molar-refractivity contribution in [3.05, 3.63) is 27.7 Å². The summed E-state index contributed by atoms with van der Waals surface area (Å²) >= 11 is 12.3. The van der Waals surface area contributed by atoms with Gasteiger partial charge in [0.1, 0.15) is 11.9 Å². The number of nitrogens with one attached hydrogen (secondary N) is 1. The van der Waals surface area contributed by atoms with Crippen LogP contribution in [0.4, 0.5) is 0 Å². The van der Waals surface area contributed by atoms with Crippen molar-refractivity contribution >= 4 is 23.2 Å². The zero-order valence-corrected chi connectivity index (χ0v) is 12.6. The molecule has 1 N–H and O–H groups in total. The average molecular weight is 300 g/mol. The summed E-state index contributed by atoms with van der Waals surface area (Å²) in [6.45, 7) is 4.17. The van der Waals surface area contributed by atoms with Crippen molar-refractivity contribution in [3.8, 4) is 5.75 Å². The lowest BCUT2D eigenvalue weighted by molar-refractivity contribution is 0.120. The molecule has 0 amide bonds. The fraction of sp³-hybridized carbons (Fsp3) is 0.600. The summed E-state index contributed by atoms with van der Waals surface area (Å²) in [5.74, 6) is 2.13. The Morgan fingerprint density at radius 3 is 2.58 bits per heavy atom. The zero-order chi connectivity index (χ0) is 13.4. The van der Waals surface area contributed by atoms with Crippen molar-refractivity contribution in [2.75, 3.05) is 13.1 Å². The fourth-order valence-electron chi connectivity index (χ4n) is 2.93. The zero-order valence-electron chi connectivity index (χ0n) is 11.1. The van der Waals surface area contributed by atoms with E-state index in [1.807, 2.05) is 13.0 Å². The minimum Gasteiger partial charge on any atom is -0.488 e. The molecule has 19 heavy (non-hydrogen) atoms. The van der Waals surface area contributed by atoms with E-state index >= 15 is 0 Å². The maximum Gasteiger partial charge on any atom is 0.141 e. The lowest BCUT2D eigenvalue weighted by Gasteiger charge is -2.26. The van der Waals surface area contributed by atoms with E-state index < -0.39 is 0 Å². The van der Waals surface area contributed by atoms with Crippen molar-refractivity contribution in [3.63, 3.8) is 0 Å². The van der Waals surface area contributed by atoms with Gasteiger partial charge < -0.3 is 10.1 Å². The Bertz CT molecular complexity index is 444. The Morgan fingerprint density at radius 1 is 1.21 bits per heavy atom. The first-order valence-corrected chi connectivity index (χ1v) is 7.74. The number of aryl methyl sites for hydroxylation is 1.